The van der Waals surface area contributed by atoms with Crippen LogP contribution in [0.4, 0.5) is 0 Å². The summed E-state index contributed by atoms with van der Waals surface area (Å²) < 4.78 is 64.9. The van der Waals surface area contributed by atoms with Crippen LogP contribution in [0, 0.1) is 0 Å². The van der Waals surface area contributed by atoms with E-state index in [1.54, 1.807) is 0 Å². The van der Waals surface area contributed by atoms with E-state index in [2.05, 4.69) is 20.8 Å². The number of phosphoric acid groups is 1. The molecule has 0 aromatic rings. The van der Waals surface area contributed by atoms with E-state index in [-0.39, 0.29) is 19.3 Å². The van der Waals surface area contributed by atoms with E-state index in [0.29, 0.717) is 19.3 Å². The molecule has 0 bridgehead atoms. The first-order chi connectivity index (χ1) is 45.3. The van der Waals surface area contributed by atoms with Crippen molar-refractivity contribution in [2.75, 3.05) is 26.4 Å². The Morgan fingerprint density at radius 3 is 1.04 bits per heavy atom. The van der Waals surface area contributed by atoms with Crippen molar-refractivity contribution in [3.63, 3.8) is 0 Å². The summed E-state index contributed by atoms with van der Waals surface area (Å²) in [6.07, 6.45) is 7.58. The lowest BCUT2D eigenvalue weighted by Gasteiger charge is -2.49. The van der Waals surface area contributed by atoms with Crippen LogP contribution < -0.4 is 0 Å². The summed E-state index contributed by atoms with van der Waals surface area (Å²) in [5, 5.41) is 110. The van der Waals surface area contributed by atoms with Crippen LogP contribution in [0.5, 0.6) is 0 Å². The number of aliphatic hydroxyl groups excluding tert-OH is 10. The highest BCUT2D eigenvalue weighted by molar-refractivity contribution is 7.47. The molecule has 11 N–H and O–H groups in total. The van der Waals surface area contributed by atoms with Crippen LogP contribution in [-0.4, -0.2) is 204 Å². The van der Waals surface area contributed by atoms with Crippen LogP contribution in [0.1, 0.15) is 290 Å². The predicted molar refractivity (Wildman–Crippen MR) is 352 cm³/mol. The van der Waals surface area contributed by atoms with Gasteiger partial charge in [0.1, 0.15) is 98.7 Å². The van der Waals surface area contributed by atoms with Gasteiger partial charge >= 0.3 is 25.7 Å². The molecule has 3 aliphatic rings. The summed E-state index contributed by atoms with van der Waals surface area (Å²) in [5.41, 5.74) is 0. The Hall–Kier alpha value is -2.04. The molecule has 0 radical (unpaired) electrons. The molecule has 554 valence electrons. The molecule has 2 saturated heterocycles. The van der Waals surface area contributed by atoms with Crippen molar-refractivity contribution < 1.29 is 117 Å². The minimum atomic E-state index is -5.69. The maximum Gasteiger partial charge on any atom is 0.472 e. The third-order valence-corrected chi connectivity index (χ3v) is 19.4. The van der Waals surface area contributed by atoms with E-state index in [1.807, 2.05) is 0 Å². The molecule has 94 heavy (non-hydrogen) atoms. The van der Waals surface area contributed by atoms with Gasteiger partial charge in [0.25, 0.3) is 0 Å². The van der Waals surface area contributed by atoms with Crippen LogP contribution >= 0.6 is 7.82 Å². The van der Waals surface area contributed by atoms with Crippen LogP contribution in [0.2, 0.25) is 0 Å². The van der Waals surface area contributed by atoms with Gasteiger partial charge in [0.2, 0.25) is 0 Å². The Labute approximate surface area is 561 Å². The maximum absolute atomic E-state index is 14.3. The molecule has 1 aliphatic carbocycles. The van der Waals surface area contributed by atoms with Crippen molar-refractivity contribution >= 4 is 25.7 Å². The SMILES string of the molecule is CCCCCCCCCCCCCCCCCC(=O)OCC1OC(OC2C(O)C(O)C(O)C(OC3OC(CO)C(O)C(O)C3O)C2OP(=O)(O)OCC(COC(=O)CCCCCCCCCCCCC)OC(=O)CCCCCCCCCCCCCCC)C(O)C(O)C1O. The molecule has 0 amide bonds. The molecule has 1 saturated carbocycles. The first kappa shape index (κ1) is 86.2. The van der Waals surface area contributed by atoms with Gasteiger partial charge in [-0.2, -0.15) is 0 Å². The van der Waals surface area contributed by atoms with Crippen LogP contribution in [0.15, 0.2) is 0 Å². The summed E-state index contributed by atoms with van der Waals surface area (Å²) in [6.45, 7) is 3.44. The standard InChI is InChI=1S/C69H129O24P/c1-4-7-10-13-16-19-22-24-25-27-29-32-35-38-41-44-54(72)86-49-52-57(75)59(77)64(82)69(90-52)92-66-62(80)60(78)61(79)65(91-68-63(81)58(76)56(74)51(46-70)89-68)67(66)93-94(83,84)87-48-50(47-85-53(71)43-40-37-34-31-28-21-18-15-12-9-6-3)88-55(73)45-42-39-36-33-30-26-23-20-17-14-11-8-5-2/h50-52,56-70,74-82H,4-49H2,1-3H3,(H,83,84). The van der Waals surface area contributed by atoms with E-state index in [4.69, 9.17) is 42.2 Å². The second-order valence-electron chi connectivity index (χ2n) is 26.7. The Kier molecular flexibility index (Phi) is 47.7. The summed E-state index contributed by atoms with van der Waals surface area (Å²) in [5.74, 6) is -1.98. The number of hydrogen-bond donors (Lipinski definition) is 11. The zero-order valence-electron chi connectivity index (χ0n) is 57.5. The molecule has 0 aromatic carbocycles. The second-order valence-corrected chi connectivity index (χ2v) is 28.1. The Bertz CT molecular complexity index is 1960. The van der Waals surface area contributed by atoms with Gasteiger partial charge in [0.15, 0.2) is 18.7 Å². The fourth-order valence-electron chi connectivity index (χ4n) is 12.3. The Balaban J connectivity index is 1.74. The molecular weight excluding hydrogens is 1240 g/mol. The molecule has 2 aliphatic heterocycles. The van der Waals surface area contributed by atoms with Gasteiger partial charge in [0.05, 0.1) is 13.2 Å². The number of carbonyl (C=O) groups is 3. The molecule has 25 heteroatoms. The van der Waals surface area contributed by atoms with Gasteiger partial charge in [-0.1, -0.05) is 252 Å². The zero-order valence-corrected chi connectivity index (χ0v) is 58.4. The van der Waals surface area contributed by atoms with Crippen molar-refractivity contribution in [1.82, 2.24) is 0 Å². The molecule has 24 nitrogen and oxygen atoms in total. The largest absolute Gasteiger partial charge is 0.472 e. The van der Waals surface area contributed by atoms with Gasteiger partial charge in [-0.15, -0.1) is 0 Å². The van der Waals surface area contributed by atoms with E-state index in [0.717, 1.165) is 96.3 Å². The fraction of sp³-hybridized carbons (Fsp3) is 0.957. The van der Waals surface area contributed by atoms with Crippen molar-refractivity contribution in [1.29, 1.82) is 0 Å². The van der Waals surface area contributed by atoms with Gasteiger partial charge in [-0.25, -0.2) is 4.57 Å². The van der Waals surface area contributed by atoms with Gasteiger partial charge < -0.3 is 89.1 Å². The topological polar surface area (TPSA) is 374 Å². The highest BCUT2D eigenvalue weighted by Crippen LogP contribution is 2.49. The Morgan fingerprint density at radius 1 is 0.372 bits per heavy atom. The number of ether oxygens (including phenoxy) is 7. The molecule has 3 rings (SSSR count). The van der Waals surface area contributed by atoms with Crippen molar-refractivity contribution in [2.45, 2.75) is 395 Å². The van der Waals surface area contributed by atoms with E-state index in [9.17, 15) is 74.9 Å². The summed E-state index contributed by atoms with van der Waals surface area (Å²) in [7, 11) is -5.69. The zero-order chi connectivity index (χ0) is 68.9. The number of rotatable bonds is 57. The highest BCUT2D eigenvalue weighted by atomic mass is 31.2. The highest BCUT2D eigenvalue weighted by Gasteiger charge is 2.58. The van der Waals surface area contributed by atoms with Crippen molar-refractivity contribution in [3.8, 4) is 0 Å². The fourth-order valence-corrected chi connectivity index (χ4v) is 13.3. The smallest absolute Gasteiger partial charge is 0.463 e. The van der Waals surface area contributed by atoms with E-state index < -0.39 is 156 Å². The molecule has 18 unspecified atom stereocenters. The van der Waals surface area contributed by atoms with Gasteiger partial charge in [0, 0.05) is 19.3 Å². The van der Waals surface area contributed by atoms with Crippen LogP contribution in [0.3, 0.4) is 0 Å². The van der Waals surface area contributed by atoms with Gasteiger partial charge in [-0.3, -0.25) is 23.4 Å². The third-order valence-electron chi connectivity index (χ3n) is 18.4. The molecule has 2 heterocycles. The number of esters is 3. The maximum atomic E-state index is 14.3. The predicted octanol–water partition coefficient (Wildman–Crippen LogP) is 9.40. The molecular formula is C69H129O24P. The molecule has 0 spiro atoms. The summed E-state index contributed by atoms with van der Waals surface area (Å²) in [6, 6.07) is 0. The number of carbonyl (C=O) groups excluding carboxylic acids is 3. The third kappa shape index (κ3) is 35.3. The quantitative estimate of drug-likeness (QED) is 0.0117. The number of hydrogen-bond acceptors (Lipinski definition) is 23. The molecule has 18 atom stereocenters. The van der Waals surface area contributed by atoms with Gasteiger partial charge in [-0.05, 0) is 19.3 Å². The number of unbranched alkanes of at least 4 members (excludes halogenated alkanes) is 36. The first-order valence-electron chi connectivity index (χ1n) is 36.8. The monoisotopic (exact) mass is 1370 g/mol. The normalized spacial score (nSPS) is 28.2. The number of phosphoric ester groups is 1. The molecule has 3 fully saturated rings. The Morgan fingerprint density at radius 2 is 0.681 bits per heavy atom. The van der Waals surface area contributed by atoms with Crippen molar-refractivity contribution in [2.24, 2.45) is 0 Å². The van der Waals surface area contributed by atoms with Crippen LogP contribution in [-0.2, 0) is 61.2 Å². The number of aliphatic hydroxyl groups is 10. The second kappa shape index (κ2) is 52.0. The lowest BCUT2D eigenvalue weighted by atomic mass is 9.84. The molecule has 0 aromatic heterocycles. The lowest BCUT2D eigenvalue weighted by Crippen LogP contribution is -2.69. The minimum absolute atomic E-state index is 0.0337. The average molecular weight is 1370 g/mol. The van der Waals surface area contributed by atoms with E-state index in [1.165, 1.54) is 135 Å². The van der Waals surface area contributed by atoms with Crippen LogP contribution in [0.25, 0.3) is 0 Å². The lowest BCUT2D eigenvalue weighted by molar-refractivity contribution is -0.360. The summed E-state index contributed by atoms with van der Waals surface area (Å²) in [4.78, 5) is 50.9. The summed E-state index contributed by atoms with van der Waals surface area (Å²) >= 11 is 0. The minimum Gasteiger partial charge on any atom is -0.463 e. The first-order valence-corrected chi connectivity index (χ1v) is 38.3. The van der Waals surface area contributed by atoms with Crippen molar-refractivity contribution in [3.05, 3.63) is 0 Å². The average Bonchev–Trinajstić information content (AvgIpc) is 0.767. The van der Waals surface area contributed by atoms with E-state index >= 15 is 0 Å².